The Kier molecular flexibility index (Phi) is 5.90. The highest BCUT2D eigenvalue weighted by atomic mass is 35.5. The molecule has 5 rings (SSSR count). The van der Waals surface area contributed by atoms with E-state index < -0.39 is 5.91 Å². The van der Waals surface area contributed by atoms with Gasteiger partial charge in [-0.15, -0.1) is 6.42 Å². The molecule has 0 fully saturated rings. The normalized spacial score (nSPS) is 10.5. The topological polar surface area (TPSA) is 104 Å². The van der Waals surface area contributed by atoms with Gasteiger partial charge in [0.2, 0.25) is 0 Å². The van der Waals surface area contributed by atoms with Gasteiger partial charge in [-0.1, -0.05) is 59.2 Å². The lowest BCUT2D eigenvalue weighted by molar-refractivity contribution is 0.102. The molecule has 7 nitrogen and oxygen atoms in total. The van der Waals surface area contributed by atoms with Gasteiger partial charge in [0.25, 0.3) is 5.91 Å². The molecule has 0 saturated heterocycles. The number of nitriles is 1. The summed E-state index contributed by atoms with van der Waals surface area (Å²) in [6.07, 6.45) is 8.67. The average molecular weight is 493 g/mol. The van der Waals surface area contributed by atoms with Crippen LogP contribution in [0.15, 0.2) is 67.0 Å². The molecule has 0 unspecified atom stereocenters. The fraction of sp³-hybridized carbons (Fsp3) is 0. The molecule has 0 spiro atoms. The van der Waals surface area contributed by atoms with Gasteiger partial charge in [0.05, 0.1) is 29.1 Å². The summed E-state index contributed by atoms with van der Waals surface area (Å²) < 4.78 is 0. The quantitative estimate of drug-likeness (QED) is 0.259. The Balaban J connectivity index is 1.46. The molecule has 0 aliphatic rings. The first kappa shape index (κ1) is 22.2. The van der Waals surface area contributed by atoms with Gasteiger partial charge in [0.15, 0.2) is 15.6 Å². The summed E-state index contributed by atoms with van der Waals surface area (Å²) in [6.45, 7) is 0. The fourth-order valence-corrected chi connectivity index (χ4v) is 4.42. The number of nitrogens with zero attached hydrogens (tertiary/aromatic N) is 5. The molecule has 3 aromatic heterocycles. The zero-order valence-electron chi connectivity index (χ0n) is 17.9. The number of halogens is 1. The Hall–Kier alpha value is -4.63. The Morgan fingerprint density at radius 2 is 1.83 bits per heavy atom. The van der Waals surface area contributed by atoms with Crippen molar-refractivity contribution in [2.75, 3.05) is 5.32 Å². The lowest BCUT2D eigenvalue weighted by Gasteiger charge is -2.11. The number of anilines is 1. The van der Waals surface area contributed by atoms with Crippen molar-refractivity contribution in [2.45, 2.75) is 0 Å². The van der Waals surface area contributed by atoms with Crippen LogP contribution in [-0.2, 0) is 0 Å². The van der Waals surface area contributed by atoms with Crippen LogP contribution in [0.3, 0.4) is 0 Å². The van der Waals surface area contributed by atoms with E-state index in [4.69, 9.17) is 23.3 Å². The third-order valence-corrected chi connectivity index (χ3v) is 6.20. The number of aromatic nitrogens is 4. The lowest BCUT2D eigenvalue weighted by Crippen LogP contribution is -2.13. The van der Waals surface area contributed by atoms with Crippen molar-refractivity contribution in [1.29, 1.82) is 5.26 Å². The van der Waals surface area contributed by atoms with Crippen LogP contribution in [-0.4, -0.2) is 25.8 Å². The molecule has 0 aliphatic carbocycles. The molecule has 166 valence electrons. The summed E-state index contributed by atoms with van der Waals surface area (Å²) in [4.78, 5) is 31.2. The number of nitrogens with one attached hydrogen (secondary N) is 1. The van der Waals surface area contributed by atoms with Crippen LogP contribution in [0.25, 0.3) is 32.9 Å². The predicted octanol–water partition coefficient (Wildman–Crippen LogP) is 5.57. The van der Waals surface area contributed by atoms with Crippen LogP contribution in [0.1, 0.15) is 21.5 Å². The highest BCUT2D eigenvalue weighted by molar-refractivity contribution is 7.21. The highest BCUT2D eigenvalue weighted by Crippen LogP contribution is 2.31. The third kappa shape index (κ3) is 4.44. The number of carbonyl (C=O) groups excluding carboxylic acids is 1. The molecular formula is C26H13ClN6OS. The maximum atomic E-state index is 13.2. The number of carbonyl (C=O) groups is 1. The number of hydrogen-bond donors (Lipinski definition) is 1. The number of benzene rings is 2. The minimum absolute atomic E-state index is 0.243. The van der Waals surface area contributed by atoms with Gasteiger partial charge >= 0.3 is 0 Å². The van der Waals surface area contributed by atoms with Crippen LogP contribution in [0, 0.1) is 23.7 Å². The van der Waals surface area contributed by atoms with E-state index in [1.165, 1.54) is 17.5 Å². The Labute approximate surface area is 209 Å². The fourth-order valence-electron chi connectivity index (χ4n) is 3.47. The van der Waals surface area contributed by atoms with E-state index in [2.05, 4.69) is 37.2 Å². The smallest absolute Gasteiger partial charge is 0.259 e. The molecule has 0 atom stereocenters. The number of terminal acetylenes is 1. The molecule has 0 saturated carbocycles. The average Bonchev–Trinajstić information content (AvgIpc) is 3.30. The molecule has 0 aliphatic heterocycles. The van der Waals surface area contributed by atoms with Crippen molar-refractivity contribution >= 4 is 44.5 Å². The number of pyridine rings is 1. The minimum Gasteiger partial charge on any atom is -0.298 e. The van der Waals surface area contributed by atoms with Gasteiger partial charge in [0.1, 0.15) is 5.15 Å². The van der Waals surface area contributed by atoms with Crippen molar-refractivity contribution < 1.29 is 4.79 Å². The van der Waals surface area contributed by atoms with E-state index in [0.29, 0.717) is 49.1 Å². The zero-order chi connectivity index (χ0) is 24.4. The van der Waals surface area contributed by atoms with Gasteiger partial charge in [-0.05, 0) is 29.8 Å². The molecular weight excluding hydrogens is 480 g/mol. The summed E-state index contributed by atoms with van der Waals surface area (Å²) >= 11 is 7.33. The van der Waals surface area contributed by atoms with Crippen LogP contribution in [0.4, 0.5) is 5.13 Å². The van der Waals surface area contributed by atoms with Gasteiger partial charge in [-0.2, -0.15) is 10.2 Å². The number of thiazole rings is 1. The lowest BCUT2D eigenvalue weighted by atomic mass is 9.97. The molecule has 5 aromatic rings. The largest absolute Gasteiger partial charge is 0.298 e. The minimum atomic E-state index is -0.414. The predicted molar refractivity (Wildman–Crippen MR) is 136 cm³/mol. The molecule has 0 bridgehead atoms. The maximum absolute atomic E-state index is 13.2. The van der Waals surface area contributed by atoms with E-state index >= 15 is 0 Å². The molecule has 3 heterocycles. The Morgan fingerprint density at radius 1 is 1.03 bits per heavy atom. The number of hydrogen-bond acceptors (Lipinski definition) is 7. The second-order valence-corrected chi connectivity index (χ2v) is 8.65. The molecule has 9 heteroatoms. The van der Waals surface area contributed by atoms with E-state index in [0.717, 1.165) is 5.56 Å². The molecule has 35 heavy (non-hydrogen) atoms. The number of fused-ring (bicyclic) bond motifs is 1. The SMILES string of the molecule is C#Cc1ccccc1-c1cc(Cl)ncc1C(=O)Nc1nc2ncc(-c3ccc(C#N)cc3)nc2s1. The molecule has 0 radical (unpaired) electrons. The summed E-state index contributed by atoms with van der Waals surface area (Å²) in [5.74, 6) is 2.22. The van der Waals surface area contributed by atoms with E-state index in [-0.39, 0.29) is 5.15 Å². The molecule has 1 amide bonds. The summed E-state index contributed by atoms with van der Waals surface area (Å²) in [5, 5.41) is 12.4. The van der Waals surface area contributed by atoms with Crippen molar-refractivity contribution in [2.24, 2.45) is 0 Å². The van der Waals surface area contributed by atoms with Gasteiger partial charge in [-0.25, -0.2) is 15.0 Å². The first-order valence-electron chi connectivity index (χ1n) is 10.2. The summed E-state index contributed by atoms with van der Waals surface area (Å²) in [5.41, 5.74) is 4.63. The third-order valence-electron chi connectivity index (χ3n) is 5.14. The van der Waals surface area contributed by atoms with E-state index in [1.807, 2.05) is 18.2 Å². The second kappa shape index (κ2) is 9.32. The van der Waals surface area contributed by atoms with Crippen LogP contribution in [0.2, 0.25) is 5.15 Å². The van der Waals surface area contributed by atoms with Gasteiger partial charge < -0.3 is 0 Å². The number of amides is 1. The molecule has 2 aromatic carbocycles. The zero-order valence-corrected chi connectivity index (χ0v) is 19.4. The second-order valence-electron chi connectivity index (χ2n) is 7.29. The van der Waals surface area contributed by atoms with Crippen LogP contribution in [0.5, 0.6) is 0 Å². The monoisotopic (exact) mass is 492 g/mol. The summed E-state index contributed by atoms with van der Waals surface area (Å²) in [7, 11) is 0. The van der Waals surface area contributed by atoms with E-state index in [9.17, 15) is 4.79 Å². The van der Waals surface area contributed by atoms with Crippen LogP contribution >= 0.6 is 22.9 Å². The van der Waals surface area contributed by atoms with Gasteiger partial charge in [-0.3, -0.25) is 10.1 Å². The van der Waals surface area contributed by atoms with E-state index in [1.54, 1.807) is 42.6 Å². The van der Waals surface area contributed by atoms with Crippen LogP contribution < -0.4 is 5.32 Å². The van der Waals surface area contributed by atoms with Crippen molar-refractivity contribution in [3.63, 3.8) is 0 Å². The Bertz CT molecular complexity index is 1680. The first-order chi connectivity index (χ1) is 17.1. The maximum Gasteiger partial charge on any atom is 0.259 e. The van der Waals surface area contributed by atoms with Crippen molar-refractivity contribution in [3.05, 3.63) is 88.8 Å². The standard InChI is InChI=1S/C26H13ClN6OS/c1-2-16-5-3-4-6-18(16)19-11-22(27)29-13-20(19)24(34)33-26-32-23-25(35-26)31-21(14-30-23)17-9-7-15(12-28)8-10-17/h1,3-11,13-14H,(H,30,32,33,34). The summed E-state index contributed by atoms with van der Waals surface area (Å²) in [6, 6.07) is 18.0. The Morgan fingerprint density at radius 3 is 2.60 bits per heavy atom. The van der Waals surface area contributed by atoms with Gasteiger partial charge in [0, 0.05) is 22.9 Å². The van der Waals surface area contributed by atoms with Crippen molar-refractivity contribution in [1.82, 2.24) is 19.9 Å². The highest BCUT2D eigenvalue weighted by Gasteiger charge is 2.18. The number of rotatable bonds is 4. The first-order valence-corrected chi connectivity index (χ1v) is 11.4. The van der Waals surface area contributed by atoms with Crippen molar-refractivity contribution in [3.8, 4) is 40.8 Å². The molecule has 1 N–H and O–H groups in total.